The Balaban J connectivity index is 1.37. The normalized spacial score (nSPS) is 14.5. The van der Waals surface area contributed by atoms with Crippen LogP contribution in [0.3, 0.4) is 0 Å². The molecule has 3 aromatic rings. The maximum atomic E-state index is 12.8. The average Bonchev–Trinajstić information content (AvgIpc) is 3.28. The lowest BCUT2D eigenvalue weighted by Crippen LogP contribution is -2.49. The first-order valence-electron chi connectivity index (χ1n) is 11.4. The van der Waals surface area contributed by atoms with Gasteiger partial charge in [0.25, 0.3) is 0 Å². The van der Waals surface area contributed by atoms with Gasteiger partial charge in [0.15, 0.2) is 0 Å². The molecule has 2 aromatic heterocycles. The number of piperazine rings is 1. The Morgan fingerprint density at radius 2 is 1.81 bits per heavy atom. The number of esters is 1. The highest BCUT2D eigenvalue weighted by molar-refractivity contribution is 7.15. The molecule has 0 aliphatic carbocycles. The minimum Gasteiger partial charge on any atom is -0.462 e. The van der Waals surface area contributed by atoms with Crippen molar-refractivity contribution in [1.82, 2.24) is 9.88 Å². The molecule has 1 aliphatic rings. The van der Waals surface area contributed by atoms with Crippen LogP contribution in [0.25, 0.3) is 11.1 Å². The molecule has 11 heteroatoms. The van der Waals surface area contributed by atoms with E-state index >= 15 is 0 Å². The van der Waals surface area contributed by atoms with Crippen LogP contribution in [0.1, 0.15) is 22.8 Å². The van der Waals surface area contributed by atoms with Gasteiger partial charge in [0.1, 0.15) is 16.4 Å². The number of nitrogens with one attached hydrogen (secondary N) is 1. The fraction of sp³-hybridized carbons (Fsp3) is 0.320. The number of aromatic nitrogens is 1. The van der Waals surface area contributed by atoms with E-state index in [1.54, 1.807) is 6.92 Å². The second-order valence-corrected chi connectivity index (χ2v) is 9.03. The highest BCUT2D eigenvalue weighted by atomic mass is 32.1. The van der Waals surface area contributed by atoms with Crippen molar-refractivity contribution in [2.24, 2.45) is 0 Å². The Morgan fingerprint density at radius 3 is 2.42 bits per heavy atom. The number of rotatable bonds is 7. The summed E-state index contributed by atoms with van der Waals surface area (Å²) in [6.45, 7) is 4.20. The number of carbonyl (C=O) groups is 2. The summed E-state index contributed by atoms with van der Waals surface area (Å²) < 4.78 is 43.5. The first kappa shape index (κ1) is 25.6. The highest BCUT2D eigenvalue weighted by Gasteiger charge is 2.31. The Morgan fingerprint density at radius 1 is 1.08 bits per heavy atom. The van der Waals surface area contributed by atoms with Gasteiger partial charge in [-0.15, -0.1) is 11.3 Å². The van der Waals surface area contributed by atoms with Gasteiger partial charge in [-0.25, -0.2) is 9.78 Å². The molecule has 0 bridgehead atoms. The number of hydrogen-bond acceptors (Lipinski definition) is 7. The van der Waals surface area contributed by atoms with E-state index in [1.807, 2.05) is 45.5 Å². The van der Waals surface area contributed by atoms with E-state index in [0.29, 0.717) is 48.1 Å². The first-order chi connectivity index (χ1) is 17.3. The molecule has 3 heterocycles. The van der Waals surface area contributed by atoms with Crippen molar-refractivity contribution < 1.29 is 27.5 Å². The monoisotopic (exact) mass is 518 g/mol. The molecule has 7 nitrogen and oxygen atoms in total. The molecule has 1 saturated heterocycles. The molecule has 0 unspecified atom stereocenters. The van der Waals surface area contributed by atoms with Crippen LogP contribution in [0.2, 0.25) is 0 Å². The molecule has 0 atom stereocenters. The lowest BCUT2D eigenvalue weighted by Gasteiger charge is -2.35. The third-order valence-electron chi connectivity index (χ3n) is 5.75. The summed E-state index contributed by atoms with van der Waals surface area (Å²) in [4.78, 5) is 33.3. The molecular formula is C25H25F3N4O3S. The van der Waals surface area contributed by atoms with E-state index in [9.17, 15) is 22.8 Å². The van der Waals surface area contributed by atoms with Gasteiger partial charge in [-0.1, -0.05) is 30.3 Å². The van der Waals surface area contributed by atoms with Crippen molar-refractivity contribution in [2.75, 3.05) is 49.5 Å². The van der Waals surface area contributed by atoms with Gasteiger partial charge in [0.05, 0.1) is 18.7 Å². The van der Waals surface area contributed by atoms with Crippen molar-refractivity contribution in [1.29, 1.82) is 0 Å². The predicted octanol–water partition coefficient (Wildman–Crippen LogP) is 4.77. The van der Waals surface area contributed by atoms with Crippen molar-refractivity contribution >= 4 is 34.0 Å². The van der Waals surface area contributed by atoms with E-state index in [-0.39, 0.29) is 19.1 Å². The number of ether oxygens (including phenoxy) is 1. The number of pyridine rings is 1. The molecule has 1 amide bonds. The number of thiophene rings is 1. The molecule has 0 saturated carbocycles. The van der Waals surface area contributed by atoms with E-state index in [2.05, 4.69) is 10.3 Å². The van der Waals surface area contributed by atoms with Gasteiger partial charge >= 0.3 is 12.1 Å². The maximum Gasteiger partial charge on any atom is 0.417 e. The van der Waals surface area contributed by atoms with E-state index in [0.717, 1.165) is 17.8 Å². The lowest BCUT2D eigenvalue weighted by molar-refractivity contribution is -0.137. The van der Waals surface area contributed by atoms with Crippen LogP contribution in [0.5, 0.6) is 0 Å². The quantitative estimate of drug-likeness (QED) is 0.455. The zero-order valence-corrected chi connectivity index (χ0v) is 20.4. The molecule has 1 aliphatic heterocycles. The third-order valence-corrected chi connectivity index (χ3v) is 6.64. The molecule has 4 rings (SSSR count). The van der Waals surface area contributed by atoms with Crippen LogP contribution < -0.4 is 10.2 Å². The van der Waals surface area contributed by atoms with Gasteiger partial charge in [-0.2, -0.15) is 13.2 Å². The Labute approximate surface area is 210 Å². The van der Waals surface area contributed by atoms with Crippen LogP contribution in [0.4, 0.5) is 24.0 Å². The molecule has 36 heavy (non-hydrogen) atoms. The second kappa shape index (κ2) is 11.1. The summed E-state index contributed by atoms with van der Waals surface area (Å²) in [6.07, 6.45) is -3.59. The minimum absolute atomic E-state index is 0.120. The van der Waals surface area contributed by atoms with Crippen molar-refractivity contribution in [2.45, 2.75) is 13.1 Å². The second-order valence-electron chi connectivity index (χ2n) is 8.15. The van der Waals surface area contributed by atoms with E-state index in [1.165, 1.54) is 17.4 Å². The number of benzene rings is 1. The fourth-order valence-electron chi connectivity index (χ4n) is 3.93. The van der Waals surface area contributed by atoms with Crippen LogP contribution in [-0.4, -0.2) is 61.1 Å². The summed E-state index contributed by atoms with van der Waals surface area (Å²) in [5, 5.41) is 5.12. The molecule has 190 valence electrons. The Hall–Kier alpha value is -3.44. The van der Waals surface area contributed by atoms with Crippen molar-refractivity contribution in [3.05, 3.63) is 65.2 Å². The molecule has 1 N–H and O–H groups in total. The minimum atomic E-state index is -4.42. The molecule has 1 fully saturated rings. The molecular weight excluding hydrogens is 493 g/mol. The summed E-state index contributed by atoms with van der Waals surface area (Å²) in [5.74, 6) is -0.285. The highest BCUT2D eigenvalue weighted by Crippen LogP contribution is 2.36. The maximum absolute atomic E-state index is 12.8. The molecule has 1 aromatic carbocycles. The number of nitrogens with zero attached hydrogens (tertiary/aromatic N) is 3. The fourth-order valence-corrected chi connectivity index (χ4v) is 4.90. The van der Waals surface area contributed by atoms with Crippen LogP contribution in [0.15, 0.2) is 54.0 Å². The topological polar surface area (TPSA) is 74.8 Å². The summed E-state index contributed by atoms with van der Waals surface area (Å²) in [5.41, 5.74) is 1.10. The van der Waals surface area contributed by atoms with Crippen LogP contribution in [-0.2, 0) is 15.7 Å². The van der Waals surface area contributed by atoms with Crippen LogP contribution in [0, 0.1) is 0 Å². The predicted molar refractivity (Wildman–Crippen MR) is 132 cm³/mol. The number of halogens is 3. The first-order valence-corrected chi connectivity index (χ1v) is 12.3. The van der Waals surface area contributed by atoms with E-state index in [4.69, 9.17) is 4.74 Å². The average molecular weight is 519 g/mol. The number of amides is 1. The summed E-state index contributed by atoms with van der Waals surface area (Å²) in [7, 11) is 0. The zero-order chi connectivity index (χ0) is 25.7. The molecule has 0 spiro atoms. The smallest absolute Gasteiger partial charge is 0.417 e. The number of carbonyl (C=O) groups excluding carboxylic acids is 2. The van der Waals surface area contributed by atoms with E-state index < -0.39 is 17.7 Å². The van der Waals surface area contributed by atoms with Gasteiger partial charge in [-0.3, -0.25) is 9.69 Å². The largest absolute Gasteiger partial charge is 0.462 e. The summed E-state index contributed by atoms with van der Waals surface area (Å²) >= 11 is 1.27. The lowest BCUT2D eigenvalue weighted by atomic mass is 10.0. The third kappa shape index (κ3) is 6.03. The zero-order valence-electron chi connectivity index (χ0n) is 19.5. The number of hydrogen-bond donors (Lipinski definition) is 1. The van der Waals surface area contributed by atoms with Gasteiger partial charge in [-0.05, 0) is 24.6 Å². The van der Waals surface area contributed by atoms with Gasteiger partial charge < -0.3 is 15.0 Å². The standard InChI is InChI=1S/C25H25F3N4O3S/c1-2-35-24(34)22-19(17-6-4-3-5-7-17)16-36-23(22)30-21(33)15-31-10-12-32(13-11-31)20-9-8-18(14-29-20)25(26,27)28/h3-9,14,16H,2,10-13,15H2,1H3,(H,30,33). The van der Waals surface area contributed by atoms with Crippen molar-refractivity contribution in [3.63, 3.8) is 0 Å². The Kier molecular flexibility index (Phi) is 7.90. The summed E-state index contributed by atoms with van der Waals surface area (Å²) in [6, 6.07) is 11.8. The van der Waals surface area contributed by atoms with Gasteiger partial charge in [0, 0.05) is 43.3 Å². The number of alkyl halides is 3. The SMILES string of the molecule is CCOC(=O)c1c(-c2ccccc2)csc1NC(=O)CN1CCN(c2ccc(C(F)(F)F)cn2)CC1. The van der Waals surface area contributed by atoms with Gasteiger partial charge in [0.2, 0.25) is 5.91 Å². The van der Waals surface area contributed by atoms with Crippen molar-refractivity contribution in [3.8, 4) is 11.1 Å². The Bertz CT molecular complexity index is 1190. The molecule has 0 radical (unpaired) electrons. The van der Waals surface area contributed by atoms with Crippen LogP contribution >= 0.6 is 11.3 Å². The number of anilines is 2.